The zero-order valence-corrected chi connectivity index (χ0v) is 16.9. The predicted octanol–water partition coefficient (Wildman–Crippen LogP) is 1.84. The third-order valence-corrected chi connectivity index (χ3v) is 3.94. The number of hydrogen-bond donors (Lipinski definition) is 3. The van der Waals surface area contributed by atoms with Gasteiger partial charge in [-0.2, -0.15) is 10.1 Å². The summed E-state index contributed by atoms with van der Waals surface area (Å²) >= 11 is 0. The quantitative estimate of drug-likeness (QED) is 0.552. The number of anilines is 3. The van der Waals surface area contributed by atoms with Gasteiger partial charge in [-0.25, -0.2) is 19.7 Å². The van der Waals surface area contributed by atoms with Gasteiger partial charge in [0, 0.05) is 20.0 Å². The largest absolute Gasteiger partial charge is 0.418 e. The van der Waals surface area contributed by atoms with Crippen molar-refractivity contribution in [3.63, 3.8) is 0 Å². The fraction of sp³-hybridized carbons (Fsp3) is 0.278. The number of amides is 2. The highest BCUT2D eigenvalue weighted by Crippen LogP contribution is 2.27. The van der Waals surface area contributed by atoms with Crippen LogP contribution in [0.25, 0.3) is 0 Å². The molecule has 3 heterocycles. The van der Waals surface area contributed by atoms with Crippen LogP contribution in [0.1, 0.15) is 36.1 Å². The number of rotatable bonds is 6. The van der Waals surface area contributed by atoms with E-state index in [0.29, 0.717) is 17.2 Å². The van der Waals surface area contributed by atoms with Crippen LogP contribution < -0.4 is 20.7 Å². The van der Waals surface area contributed by atoms with Crippen LogP contribution in [0.15, 0.2) is 31.1 Å². The lowest BCUT2D eigenvalue weighted by molar-refractivity contribution is 0.0954. The van der Waals surface area contributed by atoms with Crippen LogP contribution >= 0.6 is 0 Å². The van der Waals surface area contributed by atoms with Crippen molar-refractivity contribution < 1.29 is 14.3 Å². The maximum atomic E-state index is 12.5. The molecule has 0 unspecified atom stereocenters. The number of nitrogens with zero attached hydrogens (tertiary/aromatic N) is 6. The van der Waals surface area contributed by atoms with Gasteiger partial charge in [0.15, 0.2) is 0 Å². The molecule has 0 saturated heterocycles. The summed E-state index contributed by atoms with van der Waals surface area (Å²) in [5.74, 6) is 0.129. The summed E-state index contributed by atoms with van der Waals surface area (Å²) in [5, 5.41) is 12.0. The number of aromatic nitrogens is 6. The highest BCUT2D eigenvalue weighted by molar-refractivity contribution is 6.01. The van der Waals surface area contributed by atoms with Gasteiger partial charge < -0.3 is 15.4 Å². The molecule has 0 atom stereocenters. The Morgan fingerprint density at radius 1 is 1.10 bits per heavy atom. The molecule has 0 aliphatic carbocycles. The van der Waals surface area contributed by atoms with Crippen molar-refractivity contribution in [2.45, 2.75) is 19.8 Å². The van der Waals surface area contributed by atoms with Gasteiger partial charge in [0.1, 0.15) is 23.5 Å². The molecular formula is C18H21N9O3. The van der Waals surface area contributed by atoms with E-state index < -0.39 is 12.0 Å². The number of ether oxygens (including phenoxy) is 1. The highest BCUT2D eigenvalue weighted by Gasteiger charge is 2.20. The summed E-state index contributed by atoms with van der Waals surface area (Å²) in [6.07, 6.45) is 6.53. The fourth-order valence-corrected chi connectivity index (χ4v) is 2.48. The van der Waals surface area contributed by atoms with Gasteiger partial charge >= 0.3 is 6.09 Å². The van der Waals surface area contributed by atoms with Crippen molar-refractivity contribution in [2.24, 2.45) is 7.05 Å². The van der Waals surface area contributed by atoms with Gasteiger partial charge in [0.05, 0.1) is 36.2 Å². The number of aryl methyl sites for hydroxylation is 1. The molecule has 30 heavy (non-hydrogen) atoms. The molecule has 3 aromatic heterocycles. The normalized spacial score (nSPS) is 10.6. The van der Waals surface area contributed by atoms with Crippen molar-refractivity contribution in [1.82, 2.24) is 35.0 Å². The predicted molar refractivity (Wildman–Crippen MR) is 108 cm³/mol. The molecule has 0 radical (unpaired) electrons. The Morgan fingerprint density at radius 2 is 1.83 bits per heavy atom. The summed E-state index contributed by atoms with van der Waals surface area (Å²) in [5.41, 5.74) is 1.30. The van der Waals surface area contributed by atoms with Crippen molar-refractivity contribution in [3.05, 3.63) is 42.6 Å². The second-order valence-corrected chi connectivity index (χ2v) is 6.48. The van der Waals surface area contributed by atoms with Gasteiger partial charge in [0.2, 0.25) is 0 Å². The lowest BCUT2D eigenvalue weighted by atomic mass is 10.2. The summed E-state index contributed by atoms with van der Waals surface area (Å²) in [6.45, 7) is 3.84. The molecule has 3 rings (SSSR count). The Morgan fingerprint density at radius 3 is 2.50 bits per heavy atom. The van der Waals surface area contributed by atoms with Crippen LogP contribution in [0.2, 0.25) is 0 Å². The number of carbonyl (C=O) groups is 2. The molecule has 12 heteroatoms. The molecule has 0 saturated carbocycles. The second kappa shape index (κ2) is 8.94. The van der Waals surface area contributed by atoms with Crippen molar-refractivity contribution in [1.29, 1.82) is 0 Å². The molecular weight excluding hydrogens is 390 g/mol. The van der Waals surface area contributed by atoms with E-state index in [0.717, 1.165) is 0 Å². The smallest absolute Gasteiger partial charge is 0.389 e. The minimum Gasteiger partial charge on any atom is -0.389 e. The van der Waals surface area contributed by atoms with E-state index in [2.05, 4.69) is 41.0 Å². The topological polar surface area (TPSA) is 149 Å². The third kappa shape index (κ3) is 4.66. The lowest BCUT2D eigenvalue weighted by Crippen LogP contribution is -2.25. The SMILES string of the molecule is CNC(=O)c1c(NC(=O)Oc2nc(C(C)C)ncc2Nc2cncnc2)cnn1C. The molecule has 0 spiro atoms. The maximum absolute atomic E-state index is 12.5. The average molecular weight is 411 g/mol. The second-order valence-electron chi connectivity index (χ2n) is 6.48. The van der Waals surface area contributed by atoms with E-state index >= 15 is 0 Å². The Balaban J connectivity index is 1.85. The van der Waals surface area contributed by atoms with Gasteiger partial charge in [-0.3, -0.25) is 14.8 Å². The zero-order chi connectivity index (χ0) is 21.7. The van der Waals surface area contributed by atoms with E-state index in [-0.39, 0.29) is 23.2 Å². The van der Waals surface area contributed by atoms with Crippen LogP contribution in [0.4, 0.5) is 21.9 Å². The highest BCUT2D eigenvalue weighted by atomic mass is 16.6. The molecule has 12 nitrogen and oxygen atoms in total. The Hall–Kier alpha value is -4.09. The zero-order valence-electron chi connectivity index (χ0n) is 16.9. The van der Waals surface area contributed by atoms with E-state index in [1.807, 2.05) is 13.8 Å². The van der Waals surface area contributed by atoms with Crippen LogP contribution in [0.5, 0.6) is 5.88 Å². The molecule has 0 aromatic carbocycles. The average Bonchev–Trinajstić information content (AvgIpc) is 3.09. The summed E-state index contributed by atoms with van der Waals surface area (Å²) in [4.78, 5) is 41.0. The number of nitrogens with one attached hydrogen (secondary N) is 3. The van der Waals surface area contributed by atoms with Crippen LogP contribution in [-0.4, -0.2) is 48.8 Å². The molecule has 2 amide bonds. The molecule has 0 fully saturated rings. The minimum atomic E-state index is -0.839. The summed E-state index contributed by atoms with van der Waals surface area (Å²) in [7, 11) is 3.07. The minimum absolute atomic E-state index is 0.0143. The van der Waals surface area contributed by atoms with E-state index in [9.17, 15) is 9.59 Å². The van der Waals surface area contributed by atoms with E-state index in [4.69, 9.17) is 4.74 Å². The Kier molecular flexibility index (Phi) is 6.15. The maximum Gasteiger partial charge on any atom is 0.418 e. The summed E-state index contributed by atoms with van der Waals surface area (Å²) < 4.78 is 6.76. The first kappa shape index (κ1) is 20.6. The molecule has 156 valence electrons. The van der Waals surface area contributed by atoms with E-state index in [1.165, 1.54) is 30.5 Å². The number of carbonyl (C=O) groups excluding carboxylic acids is 2. The number of hydrogen-bond acceptors (Lipinski definition) is 9. The van der Waals surface area contributed by atoms with Gasteiger partial charge in [-0.05, 0) is 0 Å². The van der Waals surface area contributed by atoms with Crippen molar-refractivity contribution in [3.8, 4) is 5.88 Å². The standard InChI is InChI=1S/C18H21N9O3/c1-10(2)15-22-7-13(24-11-5-20-9-21-6-11)17(26-15)30-18(29)25-12-8-23-27(4)14(12)16(28)19-3/h5-10,24H,1-4H3,(H,19,28)(H,25,29). The third-order valence-electron chi connectivity index (χ3n) is 3.94. The van der Waals surface area contributed by atoms with Gasteiger partial charge in [-0.1, -0.05) is 13.8 Å². The molecule has 0 aliphatic heterocycles. The first-order valence-electron chi connectivity index (χ1n) is 9.01. The first-order chi connectivity index (χ1) is 14.4. The van der Waals surface area contributed by atoms with Gasteiger partial charge in [0.25, 0.3) is 11.8 Å². The summed E-state index contributed by atoms with van der Waals surface area (Å²) in [6, 6.07) is 0. The van der Waals surface area contributed by atoms with Crippen molar-refractivity contribution >= 4 is 29.1 Å². The first-order valence-corrected chi connectivity index (χ1v) is 9.01. The van der Waals surface area contributed by atoms with Crippen LogP contribution in [-0.2, 0) is 7.05 Å². The molecule has 3 aromatic rings. The molecule has 3 N–H and O–H groups in total. The monoisotopic (exact) mass is 411 g/mol. The van der Waals surface area contributed by atoms with Crippen molar-refractivity contribution in [2.75, 3.05) is 17.7 Å². The molecule has 0 aliphatic rings. The Labute approximate surface area is 172 Å². The fourth-order valence-electron chi connectivity index (χ4n) is 2.48. The van der Waals surface area contributed by atoms with Gasteiger partial charge in [-0.15, -0.1) is 0 Å². The van der Waals surface area contributed by atoms with Crippen LogP contribution in [0, 0.1) is 0 Å². The Bertz CT molecular complexity index is 1050. The lowest BCUT2D eigenvalue weighted by Gasteiger charge is -2.13. The van der Waals surface area contributed by atoms with Crippen LogP contribution in [0.3, 0.4) is 0 Å². The molecule has 0 bridgehead atoms. The van der Waals surface area contributed by atoms with E-state index in [1.54, 1.807) is 19.4 Å².